The third-order valence-electron chi connectivity index (χ3n) is 3.80. The van der Waals surface area contributed by atoms with Crippen LogP contribution in [0.1, 0.15) is 30.4 Å². The minimum absolute atomic E-state index is 0.0412. The summed E-state index contributed by atoms with van der Waals surface area (Å²) in [6.45, 7) is 4.63. The van der Waals surface area contributed by atoms with Gasteiger partial charge in [-0.2, -0.15) is 0 Å². The molecule has 2 atom stereocenters. The Labute approximate surface area is 120 Å². The van der Waals surface area contributed by atoms with E-state index in [1.165, 1.54) is 0 Å². The molecule has 1 aromatic rings. The quantitative estimate of drug-likeness (QED) is 0.865. The number of carbonyl (C=O) groups is 1. The molecule has 2 unspecified atom stereocenters. The van der Waals surface area contributed by atoms with E-state index >= 15 is 0 Å². The zero-order valence-electron chi connectivity index (χ0n) is 12.2. The number of benzene rings is 1. The largest absolute Gasteiger partial charge is 0.483 e. The van der Waals surface area contributed by atoms with Crippen molar-refractivity contribution in [3.05, 3.63) is 29.3 Å². The first kappa shape index (κ1) is 14.9. The van der Waals surface area contributed by atoms with Gasteiger partial charge in [0.15, 0.2) is 6.61 Å². The van der Waals surface area contributed by atoms with Crippen LogP contribution in [0.2, 0.25) is 0 Å². The lowest BCUT2D eigenvalue weighted by molar-refractivity contribution is -0.123. The molecule has 1 aliphatic carbocycles. The van der Waals surface area contributed by atoms with E-state index in [2.05, 4.69) is 5.32 Å². The molecule has 1 amide bonds. The predicted molar refractivity (Wildman–Crippen MR) is 77.8 cm³/mol. The van der Waals surface area contributed by atoms with Crippen LogP contribution in [0.25, 0.3) is 0 Å². The predicted octanol–water partition coefficient (Wildman–Crippen LogP) is 1.96. The van der Waals surface area contributed by atoms with Crippen molar-refractivity contribution in [2.45, 2.75) is 39.2 Å². The Hall–Kier alpha value is -1.55. The first-order chi connectivity index (χ1) is 9.54. The van der Waals surface area contributed by atoms with E-state index in [1.807, 2.05) is 32.0 Å². The molecule has 0 heterocycles. The second-order valence-electron chi connectivity index (χ2n) is 5.69. The molecule has 1 saturated carbocycles. The summed E-state index contributed by atoms with van der Waals surface area (Å²) in [6.07, 6.45) is 2.43. The van der Waals surface area contributed by atoms with E-state index in [4.69, 9.17) is 4.74 Å². The molecule has 1 fully saturated rings. The van der Waals surface area contributed by atoms with Crippen molar-refractivity contribution in [2.24, 2.45) is 5.92 Å². The highest BCUT2D eigenvalue weighted by atomic mass is 16.5. The van der Waals surface area contributed by atoms with Crippen LogP contribution in [0.3, 0.4) is 0 Å². The van der Waals surface area contributed by atoms with E-state index in [0.717, 1.165) is 36.1 Å². The normalized spacial score (nSPS) is 21.8. The van der Waals surface area contributed by atoms with Crippen LogP contribution in [0.4, 0.5) is 0 Å². The number of nitrogens with one attached hydrogen (secondary N) is 1. The molecule has 4 heteroatoms. The van der Waals surface area contributed by atoms with Gasteiger partial charge in [0.25, 0.3) is 5.91 Å². The number of rotatable bonds is 5. The van der Waals surface area contributed by atoms with Crippen molar-refractivity contribution in [1.29, 1.82) is 0 Å². The minimum Gasteiger partial charge on any atom is -0.483 e. The van der Waals surface area contributed by atoms with Gasteiger partial charge in [-0.25, -0.2) is 0 Å². The SMILES string of the molecule is Cc1ccc(C)c(OCC(=O)NCC2CCC(O)C2)c1. The fourth-order valence-electron chi connectivity index (χ4n) is 2.55. The monoisotopic (exact) mass is 277 g/mol. The minimum atomic E-state index is -0.192. The summed E-state index contributed by atoms with van der Waals surface area (Å²) >= 11 is 0. The van der Waals surface area contributed by atoms with Gasteiger partial charge in [-0.15, -0.1) is 0 Å². The number of aryl methyl sites for hydroxylation is 2. The lowest BCUT2D eigenvalue weighted by atomic mass is 10.1. The van der Waals surface area contributed by atoms with Crippen LogP contribution >= 0.6 is 0 Å². The van der Waals surface area contributed by atoms with Crippen LogP contribution in [-0.2, 0) is 4.79 Å². The molecule has 110 valence electrons. The zero-order valence-corrected chi connectivity index (χ0v) is 12.2. The van der Waals surface area contributed by atoms with E-state index in [-0.39, 0.29) is 18.6 Å². The van der Waals surface area contributed by atoms with Gasteiger partial charge in [0.2, 0.25) is 0 Å². The number of amides is 1. The van der Waals surface area contributed by atoms with Crippen molar-refractivity contribution in [3.63, 3.8) is 0 Å². The first-order valence-electron chi connectivity index (χ1n) is 7.19. The Morgan fingerprint density at radius 1 is 1.40 bits per heavy atom. The standard InChI is InChI=1S/C16H23NO3/c1-11-3-4-12(2)15(7-11)20-10-16(19)17-9-13-5-6-14(18)8-13/h3-4,7,13-14,18H,5-6,8-10H2,1-2H3,(H,17,19). The fourth-order valence-corrected chi connectivity index (χ4v) is 2.55. The molecule has 1 aliphatic rings. The van der Waals surface area contributed by atoms with Gasteiger partial charge in [0, 0.05) is 6.54 Å². The molecule has 0 radical (unpaired) electrons. The third kappa shape index (κ3) is 4.23. The van der Waals surface area contributed by atoms with Gasteiger partial charge in [-0.05, 0) is 56.2 Å². The molecule has 4 nitrogen and oxygen atoms in total. The van der Waals surface area contributed by atoms with Crippen LogP contribution in [0, 0.1) is 19.8 Å². The number of aliphatic hydroxyl groups excluding tert-OH is 1. The molecule has 2 N–H and O–H groups in total. The number of carbonyl (C=O) groups excluding carboxylic acids is 1. The Balaban J connectivity index is 1.73. The van der Waals surface area contributed by atoms with E-state index < -0.39 is 0 Å². The molecule has 0 aromatic heterocycles. The molecule has 1 aromatic carbocycles. The maximum atomic E-state index is 11.8. The molecule has 20 heavy (non-hydrogen) atoms. The highest BCUT2D eigenvalue weighted by molar-refractivity contribution is 5.77. The van der Waals surface area contributed by atoms with Crippen LogP contribution in [0.5, 0.6) is 5.75 Å². The average molecular weight is 277 g/mol. The molecule has 0 saturated heterocycles. The Kier molecular flexibility index (Phi) is 5.01. The Bertz CT molecular complexity index is 473. The number of aliphatic hydroxyl groups is 1. The Morgan fingerprint density at radius 3 is 2.90 bits per heavy atom. The van der Waals surface area contributed by atoms with Crippen molar-refractivity contribution in [1.82, 2.24) is 5.32 Å². The van der Waals surface area contributed by atoms with Gasteiger partial charge in [0.05, 0.1) is 6.10 Å². The number of ether oxygens (including phenoxy) is 1. The Morgan fingerprint density at radius 2 is 2.20 bits per heavy atom. The lowest BCUT2D eigenvalue weighted by Gasteiger charge is -2.12. The fraction of sp³-hybridized carbons (Fsp3) is 0.562. The lowest BCUT2D eigenvalue weighted by Crippen LogP contribution is -2.32. The maximum absolute atomic E-state index is 11.8. The summed E-state index contributed by atoms with van der Waals surface area (Å²) in [5.74, 6) is 1.05. The van der Waals surface area contributed by atoms with Gasteiger partial charge in [0.1, 0.15) is 5.75 Å². The molecular formula is C16H23NO3. The van der Waals surface area contributed by atoms with Crippen molar-refractivity contribution in [2.75, 3.05) is 13.2 Å². The smallest absolute Gasteiger partial charge is 0.257 e. The van der Waals surface area contributed by atoms with E-state index in [9.17, 15) is 9.90 Å². The van der Waals surface area contributed by atoms with Gasteiger partial charge in [-0.1, -0.05) is 12.1 Å². The average Bonchev–Trinajstić information content (AvgIpc) is 2.83. The van der Waals surface area contributed by atoms with Crippen molar-refractivity contribution < 1.29 is 14.6 Å². The summed E-state index contributed by atoms with van der Waals surface area (Å²) < 4.78 is 5.55. The second kappa shape index (κ2) is 6.75. The van der Waals surface area contributed by atoms with Crippen LogP contribution in [0.15, 0.2) is 18.2 Å². The molecule has 0 spiro atoms. The van der Waals surface area contributed by atoms with Gasteiger partial charge >= 0.3 is 0 Å². The summed E-state index contributed by atoms with van der Waals surface area (Å²) in [4.78, 5) is 11.8. The van der Waals surface area contributed by atoms with Crippen molar-refractivity contribution in [3.8, 4) is 5.75 Å². The second-order valence-corrected chi connectivity index (χ2v) is 5.69. The number of hydrogen-bond acceptors (Lipinski definition) is 3. The van der Waals surface area contributed by atoms with Gasteiger partial charge < -0.3 is 15.2 Å². The highest BCUT2D eigenvalue weighted by Gasteiger charge is 2.22. The van der Waals surface area contributed by atoms with Crippen molar-refractivity contribution >= 4 is 5.91 Å². The molecule has 0 bridgehead atoms. The molecular weight excluding hydrogens is 254 g/mol. The topological polar surface area (TPSA) is 58.6 Å². The molecule has 0 aliphatic heterocycles. The molecule has 2 rings (SSSR count). The van der Waals surface area contributed by atoms with Crippen LogP contribution in [-0.4, -0.2) is 30.3 Å². The third-order valence-corrected chi connectivity index (χ3v) is 3.80. The summed E-state index contributed by atoms with van der Waals surface area (Å²) in [5, 5.41) is 12.3. The van der Waals surface area contributed by atoms with E-state index in [0.29, 0.717) is 12.5 Å². The summed E-state index contributed by atoms with van der Waals surface area (Å²) in [6, 6.07) is 5.95. The summed E-state index contributed by atoms with van der Waals surface area (Å²) in [5.41, 5.74) is 2.15. The van der Waals surface area contributed by atoms with Crippen LogP contribution < -0.4 is 10.1 Å². The summed E-state index contributed by atoms with van der Waals surface area (Å²) in [7, 11) is 0. The zero-order chi connectivity index (χ0) is 14.5. The maximum Gasteiger partial charge on any atom is 0.257 e. The number of hydrogen-bond donors (Lipinski definition) is 2. The van der Waals surface area contributed by atoms with Gasteiger partial charge in [-0.3, -0.25) is 4.79 Å². The first-order valence-corrected chi connectivity index (χ1v) is 7.19. The highest BCUT2D eigenvalue weighted by Crippen LogP contribution is 2.24. The van der Waals surface area contributed by atoms with E-state index in [1.54, 1.807) is 0 Å².